The van der Waals surface area contributed by atoms with E-state index in [1.165, 1.54) is 17.2 Å². The van der Waals surface area contributed by atoms with Crippen LogP contribution in [-0.2, 0) is 11.3 Å². The van der Waals surface area contributed by atoms with Crippen molar-refractivity contribution in [1.29, 1.82) is 0 Å². The molecule has 0 saturated carbocycles. The monoisotopic (exact) mass is 463 g/mol. The van der Waals surface area contributed by atoms with E-state index in [0.29, 0.717) is 27.5 Å². The van der Waals surface area contributed by atoms with Gasteiger partial charge in [0.25, 0.3) is 5.91 Å². The summed E-state index contributed by atoms with van der Waals surface area (Å²) in [7, 11) is 1.55. The summed E-state index contributed by atoms with van der Waals surface area (Å²) in [5.74, 6) is -0.963. The Kier molecular flexibility index (Phi) is 5.18. The topological polar surface area (TPSA) is 93.1 Å². The molecule has 1 aliphatic heterocycles. The van der Waals surface area contributed by atoms with E-state index < -0.39 is 23.5 Å². The van der Waals surface area contributed by atoms with Crippen molar-refractivity contribution in [3.05, 3.63) is 100 Å². The number of amides is 1. The summed E-state index contributed by atoms with van der Waals surface area (Å²) in [6.45, 7) is 0.123. The number of carbonyl (C=O) groups excluding carboxylic acids is 2. The van der Waals surface area contributed by atoms with Gasteiger partial charge in [-0.1, -0.05) is 23.7 Å². The Labute approximate surface area is 193 Å². The van der Waals surface area contributed by atoms with Gasteiger partial charge in [0.05, 0.1) is 18.9 Å². The molecule has 166 valence electrons. The maximum atomic E-state index is 13.5. The summed E-state index contributed by atoms with van der Waals surface area (Å²) < 4.78 is 16.5. The number of carbonyl (C=O) groups is 2. The van der Waals surface area contributed by atoms with Gasteiger partial charge >= 0.3 is 0 Å². The van der Waals surface area contributed by atoms with Gasteiger partial charge in [0.15, 0.2) is 11.5 Å². The van der Waals surface area contributed by atoms with Crippen molar-refractivity contribution in [2.24, 2.45) is 0 Å². The largest absolute Gasteiger partial charge is 0.503 e. The molecule has 7 nitrogen and oxygen atoms in total. The smallest absolute Gasteiger partial charge is 0.290 e. The van der Waals surface area contributed by atoms with Crippen LogP contribution < -0.4 is 4.74 Å². The van der Waals surface area contributed by atoms with Gasteiger partial charge in [0.1, 0.15) is 23.1 Å². The number of fused-ring (bicyclic) bond motifs is 1. The van der Waals surface area contributed by atoms with E-state index in [4.69, 9.17) is 25.2 Å². The second-order valence-corrected chi connectivity index (χ2v) is 8.02. The van der Waals surface area contributed by atoms with Crippen LogP contribution in [0.5, 0.6) is 5.75 Å². The minimum Gasteiger partial charge on any atom is -0.503 e. The molecule has 0 spiro atoms. The molecule has 1 amide bonds. The van der Waals surface area contributed by atoms with Gasteiger partial charge in [-0.3, -0.25) is 9.59 Å². The molecule has 0 bridgehead atoms. The minimum absolute atomic E-state index is 0.0126. The number of aliphatic hydroxyl groups excluding tert-OH is 1. The molecule has 3 heterocycles. The average Bonchev–Trinajstić information content (AvgIpc) is 3.54. The lowest BCUT2D eigenvalue weighted by Gasteiger charge is -2.25. The normalized spacial score (nSPS) is 16.1. The predicted molar refractivity (Wildman–Crippen MR) is 120 cm³/mol. The number of nitrogens with zero attached hydrogens (tertiary/aromatic N) is 1. The molecule has 2 aromatic carbocycles. The molecule has 1 atom stereocenters. The molecule has 4 aromatic rings. The van der Waals surface area contributed by atoms with E-state index in [9.17, 15) is 14.7 Å². The predicted octanol–water partition coefficient (Wildman–Crippen LogP) is 5.47. The van der Waals surface area contributed by atoms with E-state index in [-0.39, 0.29) is 17.9 Å². The summed E-state index contributed by atoms with van der Waals surface area (Å²) in [6.07, 6.45) is 1.45. The lowest BCUT2D eigenvalue weighted by atomic mass is 9.99. The molecule has 0 aliphatic carbocycles. The van der Waals surface area contributed by atoms with Crippen LogP contribution in [0.4, 0.5) is 0 Å². The molecule has 8 heteroatoms. The van der Waals surface area contributed by atoms with Crippen molar-refractivity contribution < 1.29 is 28.3 Å². The van der Waals surface area contributed by atoms with E-state index in [1.807, 2.05) is 6.07 Å². The third-order valence-corrected chi connectivity index (χ3v) is 5.79. The molecular weight excluding hydrogens is 446 g/mol. The number of furan rings is 2. The van der Waals surface area contributed by atoms with Crippen LogP contribution in [0.3, 0.4) is 0 Å². The zero-order valence-electron chi connectivity index (χ0n) is 17.4. The van der Waals surface area contributed by atoms with Crippen LogP contribution in [0.15, 0.2) is 87.1 Å². The second-order valence-electron chi connectivity index (χ2n) is 7.59. The third kappa shape index (κ3) is 3.66. The number of Topliss-reactive ketones (excluding diaryl/α,β-unsaturated/α-hetero) is 1. The number of ketones is 1. The molecule has 0 fully saturated rings. The summed E-state index contributed by atoms with van der Waals surface area (Å²) in [4.78, 5) is 27.9. The lowest BCUT2D eigenvalue weighted by molar-refractivity contribution is -0.130. The van der Waals surface area contributed by atoms with E-state index in [1.54, 1.807) is 55.6 Å². The molecule has 0 saturated heterocycles. The zero-order chi connectivity index (χ0) is 23.1. The van der Waals surface area contributed by atoms with Crippen LogP contribution in [0.2, 0.25) is 5.02 Å². The number of rotatable bonds is 6. The Hall–Kier alpha value is -3.97. The van der Waals surface area contributed by atoms with Crippen molar-refractivity contribution in [2.45, 2.75) is 12.6 Å². The maximum absolute atomic E-state index is 13.5. The SMILES string of the molecule is COc1cccc(CN2C(=O)C(O)=C(C(=O)c3cc4cc(Cl)ccc4o3)C2c2ccco2)c1. The van der Waals surface area contributed by atoms with Gasteiger partial charge in [-0.05, 0) is 54.1 Å². The molecular formula is C25H18ClNO6. The molecule has 1 aliphatic rings. The van der Waals surface area contributed by atoms with Gasteiger partial charge in [0, 0.05) is 17.0 Å². The van der Waals surface area contributed by atoms with Gasteiger partial charge in [0.2, 0.25) is 5.78 Å². The number of hydrogen-bond donors (Lipinski definition) is 1. The molecule has 0 radical (unpaired) electrons. The Morgan fingerprint density at radius 1 is 1.15 bits per heavy atom. The van der Waals surface area contributed by atoms with Crippen molar-refractivity contribution in [2.75, 3.05) is 7.11 Å². The zero-order valence-corrected chi connectivity index (χ0v) is 18.2. The van der Waals surface area contributed by atoms with Crippen molar-refractivity contribution >= 4 is 34.3 Å². The third-order valence-electron chi connectivity index (χ3n) is 5.55. The summed E-state index contributed by atoms with van der Waals surface area (Å²) >= 11 is 6.04. The van der Waals surface area contributed by atoms with Gasteiger partial charge in [-0.15, -0.1) is 0 Å². The number of halogens is 1. The Morgan fingerprint density at radius 3 is 2.76 bits per heavy atom. The quantitative estimate of drug-likeness (QED) is 0.381. The number of benzene rings is 2. The Balaban J connectivity index is 1.56. The van der Waals surface area contributed by atoms with Crippen LogP contribution in [0, 0.1) is 0 Å². The molecule has 2 aromatic heterocycles. The van der Waals surface area contributed by atoms with Crippen LogP contribution >= 0.6 is 11.6 Å². The molecule has 1 unspecified atom stereocenters. The number of aliphatic hydroxyl groups is 1. The van der Waals surface area contributed by atoms with Gasteiger partial charge < -0.3 is 23.6 Å². The lowest BCUT2D eigenvalue weighted by Crippen LogP contribution is -2.30. The summed E-state index contributed by atoms with van der Waals surface area (Å²) in [5.41, 5.74) is 1.12. The Morgan fingerprint density at radius 2 is 2.00 bits per heavy atom. The van der Waals surface area contributed by atoms with E-state index >= 15 is 0 Å². The fraction of sp³-hybridized carbons (Fsp3) is 0.120. The molecule has 33 heavy (non-hydrogen) atoms. The number of ether oxygens (including phenoxy) is 1. The standard InChI is InChI=1S/C25H18ClNO6/c1-31-17-5-2-4-14(10-17)13-27-22(19-6-3-9-32-19)21(24(29)25(27)30)23(28)20-12-15-11-16(26)7-8-18(15)33-20/h2-12,22,29H,13H2,1H3. The van der Waals surface area contributed by atoms with Crippen LogP contribution in [0.25, 0.3) is 11.0 Å². The highest BCUT2D eigenvalue weighted by Gasteiger charge is 2.46. The number of methoxy groups -OCH3 is 1. The van der Waals surface area contributed by atoms with Crippen molar-refractivity contribution in [3.63, 3.8) is 0 Å². The molecule has 1 N–H and O–H groups in total. The van der Waals surface area contributed by atoms with Crippen molar-refractivity contribution in [3.8, 4) is 5.75 Å². The fourth-order valence-electron chi connectivity index (χ4n) is 4.02. The first kappa shape index (κ1) is 20.9. The van der Waals surface area contributed by atoms with Crippen molar-refractivity contribution in [1.82, 2.24) is 4.90 Å². The maximum Gasteiger partial charge on any atom is 0.290 e. The van der Waals surface area contributed by atoms with E-state index in [0.717, 1.165) is 5.56 Å². The minimum atomic E-state index is -0.928. The second kappa shape index (κ2) is 8.18. The first-order valence-corrected chi connectivity index (χ1v) is 10.5. The first-order valence-electron chi connectivity index (χ1n) is 10.1. The average molecular weight is 464 g/mol. The highest BCUT2D eigenvalue weighted by Crippen LogP contribution is 2.41. The van der Waals surface area contributed by atoms with Gasteiger partial charge in [-0.25, -0.2) is 0 Å². The van der Waals surface area contributed by atoms with Gasteiger partial charge in [-0.2, -0.15) is 0 Å². The first-order chi connectivity index (χ1) is 16.0. The Bertz CT molecular complexity index is 1400. The van der Waals surface area contributed by atoms with E-state index in [2.05, 4.69) is 0 Å². The fourth-order valence-corrected chi connectivity index (χ4v) is 4.20. The highest BCUT2D eigenvalue weighted by molar-refractivity contribution is 6.31. The summed E-state index contributed by atoms with van der Waals surface area (Å²) in [6, 6.07) is 16.1. The molecule has 5 rings (SSSR count). The van der Waals surface area contributed by atoms with Crippen LogP contribution in [0.1, 0.15) is 27.9 Å². The number of hydrogen-bond acceptors (Lipinski definition) is 6. The van der Waals surface area contributed by atoms with Crippen LogP contribution in [-0.4, -0.2) is 28.8 Å². The summed E-state index contributed by atoms with van der Waals surface area (Å²) in [5, 5.41) is 11.9. The highest BCUT2D eigenvalue weighted by atomic mass is 35.5.